The number of benzene rings is 2. The van der Waals surface area contributed by atoms with Crippen LogP contribution in [0.1, 0.15) is 64.7 Å². The molecule has 0 unspecified atom stereocenters. The summed E-state index contributed by atoms with van der Waals surface area (Å²) < 4.78 is 7.83. The number of halogens is 3. The number of phenols is 1. The second kappa shape index (κ2) is 12.0. The molecule has 2 aromatic carbocycles. The Kier molecular flexibility index (Phi) is 10.4. The summed E-state index contributed by atoms with van der Waals surface area (Å²) in [5, 5.41) is 13.8. The summed E-state index contributed by atoms with van der Waals surface area (Å²) in [5.74, 6) is 2.15. The van der Waals surface area contributed by atoms with Gasteiger partial charge < -0.3 is 15.2 Å². The van der Waals surface area contributed by atoms with Crippen molar-refractivity contribution >= 4 is 71.1 Å². The fourth-order valence-corrected chi connectivity index (χ4v) is 5.91. The van der Waals surface area contributed by atoms with Crippen LogP contribution < -0.4 is 10.1 Å². The summed E-state index contributed by atoms with van der Waals surface area (Å²) in [6.07, 6.45) is 1.86. The van der Waals surface area contributed by atoms with Gasteiger partial charge in [-0.15, -0.1) is 0 Å². The number of carbonyl (C=O) groups excluding carboxylic acids is 1. The zero-order valence-electron chi connectivity index (χ0n) is 20.9. The SMILES string of the molecule is COc1c(NC(=O)CSCCCc2cc(C(C)(C)C)c(O)c(C(C)(C)C)c2)cc(Br)c(Br)c1Br. The summed E-state index contributed by atoms with van der Waals surface area (Å²) in [7, 11) is 1.57. The molecule has 0 heterocycles. The standard InChI is InChI=1S/C26H34Br3NO3S/c1-25(2,3)16-11-15(12-17(23(16)32)26(4,5)6)9-8-10-34-14-20(31)30-19-13-18(27)21(28)22(29)24(19)33-7/h11-13,32H,8-10,14H2,1-7H3,(H,30,31). The zero-order valence-corrected chi connectivity index (χ0v) is 26.4. The number of anilines is 1. The molecule has 0 aromatic heterocycles. The van der Waals surface area contributed by atoms with Crippen LogP contribution in [-0.2, 0) is 22.0 Å². The highest BCUT2D eigenvalue weighted by Gasteiger charge is 2.26. The third-order valence-corrected chi connectivity index (χ3v) is 9.68. The van der Waals surface area contributed by atoms with E-state index in [1.165, 1.54) is 5.56 Å². The quantitative estimate of drug-likeness (QED) is 0.217. The van der Waals surface area contributed by atoms with E-state index < -0.39 is 0 Å². The van der Waals surface area contributed by atoms with Gasteiger partial charge in [0, 0.05) is 8.95 Å². The Labute approximate surface area is 233 Å². The van der Waals surface area contributed by atoms with Gasteiger partial charge in [0.25, 0.3) is 0 Å². The molecule has 0 spiro atoms. The molecule has 0 aliphatic carbocycles. The van der Waals surface area contributed by atoms with Crippen LogP contribution in [0.25, 0.3) is 0 Å². The largest absolute Gasteiger partial charge is 0.507 e. The molecule has 0 saturated carbocycles. The Balaban J connectivity index is 1.98. The third kappa shape index (κ3) is 7.65. The first kappa shape index (κ1) is 29.5. The van der Waals surface area contributed by atoms with Crippen LogP contribution in [0.15, 0.2) is 31.6 Å². The summed E-state index contributed by atoms with van der Waals surface area (Å²) in [4.78, 5) is 12.5. The molecule has 2 aromatic rings. The lowest BCUT2D eigenvalue weighted by Crippen LogP contribution is -2.18. The van der Waals surface area contributed by atoms with Gasteiger partial charge in [-0.3, -0.25) is 4.79 Å². The predicted molar refractivity (Wildman–Crippen MR) is 156 cm³/mol. The number of carbonyl (C=O) groups is 1. The number of phenolic OH excluding ortho intramolecular Hbond substituents is 1. The molecule has 0 aliphatic rings. The van der Waals surface area contributed by atoms with E-state index in [9.17, 15) is 9.90 Å². The van der Waals surface area contributed by atoms with Gasteiger partial charge >= 0.3 is 0 Å². The number of hydrogen-bond acceptors (Lipinski definition) is 4. The molecule has 0 fully saturated rings. The third-order valence-electron chi connectivity index (χ3n) is 5.37. The number of nitrogens with one attached hydrogen (secondary N) is 1. The van der Waals surface area contributed by atoms with Crippen molar-refractivity contribution in [2.75, 3.05) is 23.9 Å². The van der Waals surface area contributed by atoms with Crippen molar-refractivity contribution in [2.24, 2.45) is 0 Å². The smallest absolute Gasteiger partial charge is 0.234 e. The molecule has 1 amide bonds. The number of rotatable bonds is 8. The van der Waals surface area contributed by atoms with Gasteiger partial charge in [-0.2, -0.15) is 11.8 Å². The lowest BCUT2D eigenvalue weighted by atomic mass is 9.78. The lowest BCUT2D eigenvalue weighted by Gasteiger charge is -2.28. The molecule has 8 heteroatoms. The van der Waals surface area contributed by atoms with Crippen molar-refractivity contribution in [1.29, 1.82) is 0 Å². The maximum absolute atomic E-state index is 12.5. The molecule has 2 N–H and O–H groups in total. The van der Waals surface area contributed by atoms with E-state index in [-0.39, 0.29) is 16.7 Å². The maximum atomic E-state index is 12.5. The molecule has 188 valence electrons. The first-order valence-electron chi connectivity index (χ1n) is 11.1. The van der Waals surface area contributed by atoms with Gasteiger partial charge in [-0.05, 0) is 100.0 Å². The highest BCUT2D eigenvalue weighted by Crippen LogP contribution is 2.43. The predicted octanol–water partition coefficient (Wildman–Crippen LogP) is 8.59. The highest BCUT2D eigenvalue weighted by atomic mass is 79.9. The minimum Gasteiger partial charge on any atom is -0.507 e. The van der Waals surface area contributed by atoms with Crippen LogP contribution >= 0.6 is 59.6 Å². The van der Waals surface area contributed by atoms with Crippen LogP contribution in [0.4, 0.5) is 5.69 Å². The molecular formula is C26H34Br3NO3S. The average Bonchev–Trinajstić information content (AvgIpc) is 2.71. The number of hydrogen-bond donors (Lipinski definition) is 2. The summed E-state index contributed by atoms with van der Waals surface area (Å²) in [6, 6.07) is 6.09. The first-order valence-corrected chi connectivity index (χ1v) is 14.7. The Bertz CT molecular complexity index is 1010. The van der Waals surface area contributed by atoms with Gasteiger partial charge in [0.15, 0.2) is 5.75 Å². The van der Waals surface area contributed by atoms with E-state index in [0.717, 1.165) is 43.1 Å². The number of aromatic hydroxyl groups is 1. The van der Waals surface area contributed by atoms with E-state index in [0.29, 0.717) is 22.9 Å². The second-order valence-electron chi connectivity index (χ2n) is 10.3. The molecular weight excluding hydrogens is 646 g/mol. The normalized spacial score (nSPS) is 12.1. The van der Waals surface area contributed by atoms with Crippen LogP contribution in [0.3, 0.4) is 0 Å². The summed E-state index contributed by atoms with van der Waals surface area (Å²) in [6.45, 7) is 12.8. The Morgan fingerprint density at radius 3 is 2.06 bits per heavy atom. The van der Waals surface area contributed by atoms with Crippen molar-refractivity contribution in [3.05, 3.63) is 48.3 Å². The second-order valence-corrected chi connectivity index (χ2v) is 13.9. The summed E-state index contributed by atoms with van der Waals surface area (Å²) >= 11 is 12.1. The Morgan fingerprint density at radius 1 is 1.00 bits per heavy atom. The minimum atomic E-state index is -0.134. The van der Waals surface area contributed by atoms with Crippen molar-refractivity contribution in [2.45, 2.75) is 65.2 Å². The Hall–Kier alpha value is -0.700. The minimum absolute atomic E-state index is 0.0703. The number of amides is 1. The number of aryl methyl sites for hydroxylation is 1. The molecule has 34 heavy (non-hydrogen) atoms. The molecule has 2 rings (SSSR count). The monoisotopic (exact) mass is 677 g/mol. The molecule has 0 bridgehead atoms. The van der Waals surface area contributed by atoms with Gasteiger partial charge in [-0.25, -0.2) is 0 Å². The highest BCUT2D eigenvalue weighted by molar-refractivity contribution is 9.14. The van der Waals surface area contributed by atoms with E-state index >= 15 is 0 Å². The number of methoxy groups -OCH3 is 1. The van der Waals surface area contributed by atoms with E-state index in [4.69, 9.17) is 4.74 Å². The molecule has 0 atom stereocenters. The van der Waals surface area contributed by atoms with Crippen molar-refractivity contribution in [3.8, 4) is 11.5 Å². The van der Waals surface area contributed by atoms with Gasteiger partial charge in [0.05, 0.1) is 23.0 Å². The average molecular weight is 680 g/mol. The van der Waals surface area contributed by atoms with Crippen molar-refractivity contribution in [3.63, 3.8) is 0 Å². The fraction of sp³-hybridized carbons (Fsp3) is 0.500. The maximum Gasteiger partial charge on any atom is 0.234 e. The van der Waals surface area contributed by atoms with Gasteiger partial charge in [0.1, 0.15) is 5.75 Å². The van der Waals surface area contributed by atoms with E-state index in [1.54, 1.807) is 18.9 Å². The van der Waals surface area contributed by atoms with Crippen LogP contribution in [0.5, 0.6) is 11.5 Å². The van der Waals surface area contributed by atoms with Crippen LogP contribution in [0.2, 0.25) is 0 Å². The summed E-state index contributed by atoms with van der Waals surface area (Å²) in [5.41, 5.74) is 3.55. The number of thioether (sulfide) groups is 1. The van der Waals surface area contributed by atoms with Crippen molar-refractivity contribution < 1.29 is 14.6 Å². The van der Waals surface area contributed by atoms with Crippen molar-refractivity contribution in [1.82, 2.24) is 0 Å². The van der Waals surface area contributed by atoms with E-state index in [1.807, 2.05) is 6.07 Å². The number of ether oxygens (including phenoxy) is 1. The van der Waals surface area contributed by atoms with Crippen LogP contribution in [0, 0.1) is 0 Å². The molecule has 0 saturated heterocycles. The molecule has 0 radical (unpaired) electrons. The zero-order chi connectivity index (χ0) is 25.8. The fourth-order valence-electron chi connectivity index (χ4n) is 3.58. The van der Waals surface area contributed by atoms with Gasteiger partial charge in [-0.1, -0.05) is 53.7 Å². The lowest BCUT2D eigenvalue weighted by molar-refractivity contribution is -0.113. The first-order chi connectivity index (χ1) is 15.7. The molecule has 0 aliphatic heterocycles. The van der Waals surface area contributed by atoms with Crippen LogP contribution in [-0.4, -0.2) is 29.6 Å². The molecule has 4 nitrogen and oxygen atoms in total. The topological polar surface area (TPSA) is 58.6 Å². The van der Waals surface area contributed by atoms with Gasteiger partial charge in [0.2, 0.25) is 5.91 Å². The van der Waals surface area contributed by atoms with E-state index in [2.05, 4.69) is 107 Å². The Morgan fingerprint density at radius 2 is 1.56 bits per heavy atom.